The van der Waals surface area contributed by atoms with Crippen LogP contribution < -0.4 is 4.74 Å². The standard InChI is InChI=1S/C16H12O4/c17-15(11-2-1-3-13(9-11)16(18)19)12-4-5-14-10(8-12)6-7-20-14/h1-5,8-9H,6-7H2,(H,18,19). The number of ether oxygens (including phenoxy) is 1. The van der Waals surface area contributed by atoms with Gasteiger partial charge in [-0.3, -0.25) is 4.79 Å². The fraction of sp³-hybridized carbons (Fsp3) is 0.125. The Balaban J connectivity index is 1.96. The number of rotatable bonds is 3. The van der Waals surface area contributed by atoms with Gasteiger partial charge in [-0.2, -0.15) is 0 Å². The van der Waals surface area contributed by atoms with E-state index >= 15 is 0 Å². The third-order valence-corrected chi connectivity index (χ3v) is 3.32. The van der Waals surface area contributed by atoms with Gasteiger partial charge in [-0.25, -0.2) is 4.79 Å². The van der Waals surface area contributed by atoms with Gasteiger partial charge in [0.1, 0.15) is 5.75 Å². The van der Waals surface area contributed by atoms with E-state index in [1.165, 1.54) is 12.1 Å². The van der Waals surface area contributed by atoms with E-state index in [0.29, 0.717) is 17.7 Å². The molecule has 0 radical (unpaired) electrons. The molecule has 2 aromatic carbocycles. The predicted octanol–water partition coefficient (Wildman–Crippen LogP) is 2.55. The number of aromatic carboxylic acids is 1. The number of hydrogen-bond donors (Lipinski definition) is 1. The molecule has 4 heteroatoms. The monoisotopic (exact) mass is 268 g/mol. The van der Waals surface area contributed by atoms with Crippen LogP contribution in [0.2, 0.25) is 0 Å². The van der Waals surface area contributed by atoms with Crippen molar-refractivity contribution in [3.8, 4) is 5.75 Å². The first-order chi connectivity index (χ1) is 9.65. The molecule has 3 rings (SSSR count). The summed E-state index contributed by atoms with van der Waals surface area (Å²) in [5.74, 6) is -0.398. The molecule has 0 unspecified atom stereocenters. The molecule has 20 heavy (non-hydrogen) atoms. The number of fused-ring (bicyclic) bond motifs is 1. The van der Waals surface area contributed by atoms with E-state index in [2.05, 4.69) is 0 Å². The van der Waals surface area contributed by atoms with Crippen molar-refractivity contribution < 1.29 is 19.4 Å². The average molecular weight is 268 g/mol. The highest BCUT2D eigenvalue weighted by molar-refractivity contribution is 6.10. The molecule has 1 N–H and O–H groups in total. The number of carboxylic acids is 1. The van der Waals surface area contributed by atoms with Crippen molar-refractivity contribution in [3.05, 3.63) is 64.7 Å². The zero-order valence-electron chi connectivity index (χ0n) is 10.6. The summed E-state index contributed by atoms with van der Waals surface area (Å²) in [6.07, 6.45) is 0.797. The van der Waals surface area contributed by atoms with Gasteiger partial charge in [-0.1, -0.05) is 12.1 Å². The summed E-state index contributed by atoms with van der Waals surface area (Å²) in [7, 11) is 0. The van der Waals surface area contributed by atoms with Crippen molar-refractivity contribution in [2.45, 2.75) is 6.42 Å². The van der Waals surface area contributed by atoms with Crippen molar-refractivity contribution in [1.82, 2.24) is 0 Å². The van der Waals surface area contributed by atoms with Crippen LogP contribution in [0.4, 0.5) is 0 Å². The topological polar surface area (TPSA) is 63.6 Å². The number of carboxylic acid groups (broad SMARTS) is 1. The first-order valence-electron chi connectivity index (χ1n) is 6.29. The molecule has 0 saturated heterocycles. The molecular weight excluding hydrogens is 256 g/mol. The highest BCUT2D eigenvalue weighted by Gasteiger charge is 2.16. The summed E-state index contributed by atoms with van der Waals surface area (Å²) in [6, 6.07) is 11.4. The highest BCUT2D eigenvalue weighted by Crippen LogP contribution is 2.26. The van der Waals surface area contributed by atoms with Crippen LogP contribution in [-0.4, -0.2) is 23.5 Å². The Bertz CT molecular complexity index is 703. The number of carbonyl (C=O) groups is 2. The lowest BCUT2D eigenvalue weighted by atomic mass is 9.99. The van der Waals surface area contributed by atoms with Gasteiger partial charge in [-0.05, 0) is 35.9 Å². The third-order valence-electron chi connectivity index (χ3n) is 3.32. The minimum Gasteiger partial charge on any atom is -0.493 e. The van der Waals surface area contributed by atoms with Gasteiger partial charge in [0.15, 0.2) is 5.78 Å². The SMILES string of the molecule is O=C(O)c1cccc(C(=O)c2ccc3c(c2)CCO3)c1. The van der Waals surface area contributed by atoms with Crippen molar-refractivity contribution in [2.24, 2.45) is 0 Å². The predicted molar refractivity (Wildman–Crippen MR) is 72.5 cm³/mol. The fourth-order valence-corrected chi connectivity index (χ4v) is 2.29. The Kier molecular flexibility index (Phi) is 2.99. The highest BCUT2D eigenvalue weighted by atomic mass is 16.5. The van der Waals surface area contributed by atoms with Crippen LogP contribution in [-0.2, 0) is 6.42 Å². The normalized spacial score (nSPS) is 12.6. The minimum atomic E-state index is -1.04. The summed E-state index contributed by atoms with van der Waals surface area (Å²) in [6.45, 7) is 0.640. The Hall–Kier alpha value is -2.62. The summed E-state index contributed by atoms with van der Waals surface area (Å²) >= 11 is 0. The Labute approximate surface area is 115 Å². The molecule has 1 aliphatic heterocycles. The first-order valence-corrected chi connectivity index (χ1v) is 6.29. The second-order valence-electron chi connectivity index (χ2n) is 4.64. The van der Waals surface area contributed by atoms with Crippen LogP contribution in [0.3, 0.4) is 0 Å². The number of ketones is 1. The zero-order valence-corrected chi connectivity index (χ0v) is 10.6. The van der Waals surface area contributed by atoms with Crippen LogP contribution in [0.1, 0.15) is 31.8 Å². The average Bonchev–Trinajstić information content (AvgIpc) is 2.94. The quantitative estimate of drug-likeness (QED) is 0.869. The molecule has 100 valence electrons. The third kappa shape index (κ3) is 2.16. The molecule has 0 atom stereocenters. The fourth-order valence-electron chi connectivity index (χ4n) is 2.29. The smallest absolute Gasteiger partial charge is 0.335 e. The molecule has 4 nitrogen and oxygen atoms in total. The van der Waals surface area contributed by atoms with Crippen LogP contribution in [0.5, 0.6) is 5.75 Å². The van der Waals surface area contributed by atoms with Gasteiger partial charge < -0.3 is 9.84 Å². The molecule has 2 aromatic rings. The summed E-state index contributed by atoms with van der Waals surface area (Å²) in [4.78, 5) is 23.3. The largest absolute Gasteiger partial charge is 0.493 e. The van der Waals surface area contributed by atoms with Crippen LogP contribution in [0.15, 0.2) is 42.5 Å². The molecular formula is C16H12O4. The molecule has 0 aromatic heterocycles. The van der Waals surface area contributed by atoms with Crippen LogP contribution in [0, 0.1) is 0 Å². The van der Waals surface area contributed by atoms with Crippen LogP contribution >= 0.6 is 0 Å². The molecule has 1 aliphatic rings. The first kappa shape index (κ1) is 12.4. The molecule has 0 amide bonds. The lowest BCUT2D eigenvalue weighted by Gasteiger charge is -2.04. The van der Waals surface area contributed by atoms with E-state index in [1.807, 2.05) is 6.07 Å². The molecule has 0 spiro atoms. The molecule has 0 fully saturated rings. The zero-order chi connectivity index (χ0) is 14.1. The second kappa shape index (κ2) is 4.81. The molecule has 1 heterocycles. The van der Waals surface area contributed by atoms with Crippen molar-refractivity contribution >= 4 is 11.8 Å². The van der Waals surface area contributed by atoms with E-state index in [-0.39, 0.29) is 11.3 Å². The maximum Gasteiger partial charge on any atom is 0.335 e. The van der Waals surface area contributed by atoms with E-state index in [4.69, 9.17) is 9.84 Å². The summed E-state index contributed by atoms with van der Waals surface area (Å²) in [5, 5.41) is 8.96. The summed E-state index contributed by atoms with van der Waals surface area (Å²) in [5.41, 5.74) is 2.06. The van der Waals surface area contributed by atoms with Gasteiger partial charge in [0.05, 0.1) is 12.2 Å². The second-order valence-corrected chi connectivity index (χ2v) is 4.64. The number of hydrogen-bond acceptors (Lipinski definition) is 3. The Morgan fingerprint density at radius 3 is 2.55 bits per heavy atom. The van der Waals surface area contributed by atoms with Gasteiger partial charge in [0.25, 0.3) is 0 Å². The van der Waals surface area contributed by atoms with Crippen LogP contribution in [0.25, 0.3) is 0 Å². The van der Waals surface area contributed by atoms with Gasteiger partial charge in [0.2, 0.25) is 0 Å². The maximum absolute atomic E-state index is 12.4. The Morgan fingerprint density at radius 1 is 1.00 bits per heavy atom. The lowest BCUT2D eigenvalue weighted by Crippen LogP contribution is -2.04. The molecule has 0 saturated carbocycles. The maximum atomic E-state index is 12.4. The van der Waals surface area contributed by atoms with E-state index in [0.717, 1.165) is 17.7 Å². The van der Waals surface area contributed by atoms with E-state index < -0.39 is 5.97 Å². The number of benzene rings is 2. The molecule has 0 bridgehead atoms. The van der Waals surface area contributed by atoms with E-state index in [9.17, 15) is 9.59 Å². The van der Waals surface area contributed by atoms with Crippen molar-refractivity contribution in [3.63, 3.8) is 0 Å². The van der Waals surface area contributed by atoms with Gasteiger partial charge in [-0.15, -0.1) is 0 Å². The Morgan fingerprint density at radius 2 is 1.75 bits per heavy atom. The molecule has 0 aliphatic carbocycles. The van der Waals surface area contributed by atoms with E-state index in [1.54, 1.807) is 24.3 Å². The van der Waals surface area contributed by atoms with Crippen molar-refractivity contribution in [1.29, 1.82) is 0 Å². The van der Waals surface area contributed by atoms with Crippen molar-refractivity contribution in [2.75, 3.05) is 6.61 Å². The van der Waals surface area contributed by atoms with Gasteiger partial charge >= 0.3 is 5.97 Å². The summed E-state index contributed by atoms with van der Waals surface area (Å²) < 4.78 is 5.40. The lowest BCUT2D eigenvalue weighted by molar-refractivity contribution is 0.0697. The number of carbonyl (C=O) groups excluding carboxylic acids is 1. The van der Waals surface area contributed by atoms with Gasteiger partial charge in [0, 0.05) is 17.5 Å². The minimum absolute atomic E-state index is 0.111.